The summed E-state index contributed by atoms with van der Waals surface area (Å²) in [7, 11) is 0. The Morgan fingerprint density at radius 2 is 1.55 bits per heavy atom. The van der Waals surface area contributed by atoms with Gasteiger partial charge in [0.2, 0.25) is 0 Å². The van der Waals surface area contributed by atoms with E-state index in [1.54, 1.807) is 6.08 Å². The maximum atomic E-state index is 3.76. The van der Waals surface area contributed by atoms with E-state index in [0.717, 1.165) is 5.57 Å². The normalized spacial score (nSPS) is 8.55. The summed E-state index contributed by atoms with van der Waals surface area (Å²) in [5.41, 5.74) is 2.30. The van der Waals surface area contributed by atoms with Crippen LogP contribution in [-0.4, -0.2) is 0 Å². The van der Waals surface area contributed by atoms with Gasteiger partial charge in [0, 0.05) is 0 Å². The first-order valence-corrected chi connectivity index (χ1v) is 3.63. The molecule has 0 N–H and O–H groups in total. The third-order valence-corrected chi connectivity index (χ3v) is 1.04. The Balaban J connectivity index is -0.000000196. The lowest BCUT2D eigenvalue weighted by Crippen LogP contribution is -1.72. The molecule has 66 valence electrons. The van der Waals surface area contributed by atoms with Crippen molar-refractivity contribution in [2.24, 2.45) is 0 Å². The molecule has 0 radical (unpaired) electrons. The van der Waals surface area contributed by atoms with Gasteiger partial charge in [0.15, 0.2) is 0 Å². The van der Waals surface area contributed by atoms with Crippen LogP contribution in [0.5, 0.6) is 0 Å². The van der Waals surface area contributed by atoms with Gasteiger partial charge in [-0.05, 0) is 19.4 Å². The lowest BCUT2D eigenvalue weighted by atomic mass is 10.1. The van der Waals surface area contributed by atoms with Gasteiger partial charge < -0.3 is 0 Å². The molecule has 0 nitrogen and oxygen atoms in total. The van der Waals surface area contributed by atoms with Crippen LogP contribution in [0.1, 0.15) is 35.1 Å². The fraction of sp³-hybridized carbons (Fsp3) is 0.455. The maximum Gasteiger partial charge on any atom is -0.0395 e. The van der Waals surface area contributed by atoms with Gasteiger partial charge >= 0.3 is 0 Å². The average Bonchev–Trinajstić information content (AvgIpc) is 1.93. The quantitative estimate of drug-likeness (QED) is 0.518. The summed E-state index contributed by atoms with van der Waals surface area (Å²) < 4.78 is 0. The van der Waals surface area contributed by atoms with E-state index < -0.39 is 0 Å². The Labute approximate surface area is 72.3 Å². The molecule has 11 heavy (non-hydrogen) atoms. The standard InChI is InChI=1S/C8H12.C2H6.CH4/c1-5-6-8(4)7(2)3;1-2;/h5-6H,1-2H2,3-4H3;1-2H3;1H4/b8-6-;;. The van der Waals surface area contributed by atoms with Gasteiger partial charge in [0.25, 0.3) is 0 Å². The Bertz CT molecular complexity index is 127. The van der Waals surface area contributed by atoms with E-state index in [0.29, 0.717) is 0 Å². The highest BCUT2D eigenvalue weighted by molar-refractivity contribution is 5.26. The fourth-order valence-electron chi connectivity index (χ4n) is 0.319. The molecule has 0 spiro atoms. The number of rotatable bonds is 2. The summed E-state index contributed by atoms with van der Waals surface area (Å²) >= 11 is 0. The molecule has 0 unspecified atom stereocenters. The fourth-order valence-corrected chi connectivity index (χ4v) is 0.319. The predicted molar refractivity (Wildman–Crippen MR) is 56.8 cm³/mol. The van der Waals surface area contributed by atoms with Crippen LogP contribution in [0.4, 0.5) is 0 Å². The molecule has 0 aliphatic rings. The van der Waals surface area contributed by atoms with E-state index in [1.807, 2.05) is 33.8 Å². The summed E-state index contributed by atoms with van der Waals surface area (Å²) in [6.07, 6.45) is 3.71. The van der Waals surface area contributed by atoms with Crippen molar-refractivity contribution in [3.8, 4) is 0 Å². The topological polar surface area (TPSA) is 0 Å². The van der Waals surface area contributed by atoms with Gasteiger partial charge in [-0.1, -0.05) is 52.2 Å². The van der Waals surface area contributed by atoms with E-state index in [1.165, 1.54) is 5.57 Å². The van der Waals surface area contributed by atoms with Crippen LogP contribution in [-0.2, 0) is 0 Å². The molecule has 0 aromatic rings. The van der Waals surface area contributed by atoms with E-state index in [-0.39, 0.29) is 7.43 Å². The van der Waals surface area contributed by atoms with E-state index in [9.17, 15) is 0 Å². The molecular formula is C11H22. The molecular weight excluding hydrogens is 132 g/mol. The van der Waals surface area contributed by atoms with Crippen molar-refractivity contribution >= 4 is 0 Å². The lowest BCUT2D eigenvalue weighted by Gasteiger charge is -1.92. The molecule has 0 aliphatic heterocycles. The number of hydrogen-bond donors (Lipinski definition) is 0. The van der Waals surface area contributed by atoms with Crippen molar-refractivity contribution in [3.05, 3.63) is 36.5 Å². The zero-order valence-electron chi connectivity index (χ0n) is 7.57. The second-order valence-corrected chi connectivity index (χ2v) is 1.87. The van der Waals surface area contributed by atoms with Crippen LogP contribution < -0.4 is 0 Å². The van der Waals surface area contributed by atoms with Crippen molar-refractivity contribution < 1.29 is 0 Å². The Morgan fingerprint density at radius 1 is 1.18 bits per heavy atom. The summed E-state index contributed by atoms with van der Waals surface area (Å²) in [6.45, 7) is 15.3. The minimum Gasteiger partial charge on any atom is -0.0991 e. The molecule has 0 aromatic heterocycles. The second-order valence-electron chi connectivity index (χ2n) is 1.87. The zero-order chi connectivity index (χ0) is 8.57. The highest BCUT2D eigenvalue weighted by Gasteiger charge is 1.82. The largest absolute Gasteiger partial charge is 0.0991 e. The number of allylic oxidation sites excluding steroid dienone is 4. The summed E-state index contributed by atoms with van der Waals surface area (Å²) in [5.74, 6) is 0. The Hall–Kier alpha value is -0.780. The van der Waals surface area contributed by atoms with Gasteiger partial charge in [0.05, 0.1) is 0 Å². The summed E-state index contributed by atoms with van der Waals surface area (Å²) in [4.78, 5) is 0. The van der Waals surface area contributed by atoms with Crippen molar-refractivity contribution in [1.29, 1.82) is 0 Å². The third-order valence-electron chi connectivity index (χ3n) is 1.04. The summed E-state index contributed by atoms with van der Waals surface area (Å²) in [6, 6.07) is 0. The molecule has 0 amide bonds. The van der Waals surface area contributed by atoms with Crippen LogP contribution in [0.25, 0.3) is 0 Å². The lowest BCUT2D eigenvalue weighted by molar-refractivity contribution is 1.37. The SMILES string of the molecule is C.C=C/C=C(/C)C(=C)C.CC. The van der Waals surface area contributed by atoms with Crippen LogP contribution >= 0.6 is 0 Å². The second kappa shape index (κ2) is 12.0. The van der Waals surface area contributed by atoms with Gasteiger partial charge in [-0.3, -0.25) is 0 Å². The molecule has 0 saturated carbocycles. The van der Waals surface area contributed by atoms with E-state index in [2.05, 4.69) is 13.2 Å². The Morgan fingerprint density at radius 3 is 1.64 bits per heavy atom. The first kappa shape index (κ1) is 16.7. The van der Waals surface area contributed by atoms with Crippen LogP contribution in [0.15, 0.2) is 36.5 Å². The van der Waals surface area contributed by atoms with Crippen LogP contribution in [0, 0.1) is 0 Å². The van der Waals surface area contributed by atoms with Crippen molar-refractivity contribution in [1.82, 2.24) is 0 Å². The van der Waals surface area contributed by atoms with Crippen LogP contribution in [0.3, 0.4) is 0 Å². The Kier molecular flexibility index (Phi) is 18.1. The van der Waals surface area contributed by atoms with E-state index in [4.69, 9.17) is 0 Å². The molecule has 0 aliphatic carbocycles. The molecule has 0 saturated heterocycles. The molecule has 0 heterocycles. The summed E-state index contributed by atoms with van der Waals surface area (Å²) in [5, 5.41) is 0. The van der Waals surface area contributed by atoms with Crippen molar-refractivity contribution in [2.45, 2.75) is 35.1 Å². The van der Waals surface area contributed by atoms with Gasteiger partial charge in [0.1, 0.15) is 0 Å². The molecule has 0 aromatic carbocycles. The number of hydrogen-bond acceptors (Lipinski definition) is 0. The first-order chi connectivity index (χ1) is 4.68. The predicted octanol–water partition coefficient (Wildman–Crippen LogP) is 4.36. The minimum absolute atomic E-state index is 0. The van der Waals surface area contributed by atoms with Crippen molar-refractivity contribution in [2.75, 3.05) is 0 Å². The smallest absolute Gasteiger partial charge is 0.0395 e. The molecule has 0 heteroatoms. The van der Waals surface area contributed by atoms with Crippen molar-refractivity contribution in [3.63, 3.8) is 0 Å². The van der Waals surface area contributed by atoms with Gasteiger partial charge in [-0.2, -0.15) is 0 Å². The highest BCUT2D eigenvalue weighted by Crippen LogP contribution is 2.03. The minimum atomic E-state index is 0. The molecule has 0 fully saturated rings. The zero-order valence-corrected chi connectivity index (χ0v) is 7.57. The molecule has 0 atom stereocenters. The maximum absolute atomic E-state index is 3.76. The average molecular weight is 154 g/mol. The van der Waals surface area contributed by atoms with Gasteiger partial charge in [-0.15, -0.1) is 0 Å². The van der Waals surface area contributed by atoms with E-state index >= 15 is 0 Å². The monoisotopic (exact) mass is 154 g/mol. The van der Waals surface area contributed by atoms with Crippen LogP contribution in [0.2, 0.25) is 0 Å². The molecule has 0 bridgehead atoms. The van der Waals surface area contributed by atoms with Gasteiger partial charge in [-0.25, -0.2) is 0 Å². The third kappa shape index (κ3) is 12.4. The highest BCUT2D eigenvalue weighted by atomic mass is 13.9. The first-order valence-electron chi connectivity index (χ1n) is 3.63. The molecule has 0 rings (SSSR count).